The molecular formula is C16H15N3O2. The summed E-state index contributed by atoms with van der Waals surface area (Å²) in [6.45, 7) is 0.473. The smallest absolute Gasteiger partial charge is 0.248 e. The first-order valence-electron chi connectivity index (χ1n) is 6.35. The van der Waals surface area contributed by atoms with Crippen molar-refractivity contribution in [1.82, 2.24) is 0 Å². The maximum absolute atomic E-state index is 11.1. The Kier molecular flexibility index (Phi) is 4.42. The van der Waals surface area contributed by atoms with Crippen molar-refractivity contribution in [1.29, 1.82) is 5.26 Å². The SMILES string of the molecule is COc1ccc(C#N)cc1CNc1cccc(C(N)=O)c1. The third-order valence-corrected chi connectivity index (χ3v) is 3.04. The van der Waals surface area contributed by atoms with Crippen LogP contribution in [0.4, 0.5) is 5.69 Å². The van der Waals surface area contributed by atoms with Crippen LogP contribution in [0.25, 0.3) is 0 Å². The third-order valence-electron chi connectivity index (χ3n) is 3.04. The van der Waals surface area contributed by atoms with E-state index in [0.717, 1.165) is 11.3 Å². The van der Waals surface area contributed by atoms with Crippen LogP contribution >= 0.6 is 0 Å². The number of ether oxygens (including phenoxy) is 1. The number of methoxy groups -OCH3 is 1. The van der Waals surface area contributed by atoms with E-state index >= 15 is 0 Å². The number of rotatable bonds is 5. The van der Waals surface area contributed by atoms with Gasteiger partial charge in [-0.2, -0.15) is 5.26 Å². The van der Waals surface area contributed by atoms with Gasteiger partial charge in [-0.05, 0) is 36.4 Å². The Morgan fingerprint density at radius 3 is 2.81 bits per heavy atom. The molecule has 21 heavy (non-hydrogen) atoms. The van der Waals surface area contributed by atoms with Crippen LogP contribution in [0.5, 0.6) is 5.75 Å². The second kappa shape index (κ2) is 6.44. The van der Waals surface area contributed by atoms with Gasteiger partial charge in [-0.15, -0.1) is 0 Å². The predicted octanol–water partition coefficient (Wildman–Crippen LogP) is 2.28. The Bertz CT molecular complexity index is 705. The van der Waals surface area contributed by atoms with Gasteiger partial charge in [-0.25, -0.2) is 0 Å². The molecule has 2 aromatic rings. The van der Waals surface area contributed by atoms with Gasteiger partial charge in [0.2, 0.25) is 5.91 Å². The predicted molar refractivity (Wildman–Crippen MR) is 80.0 cm³/mol. The summed E-state index contributed by atoms with van der Waals surface area (Å²) < 4.78 is 5.27. The lowest BCUT2D eigenvalue weighted by Gasteiger charge is -2.11. The topological polar surface area (TPSA) is 88.1 Å². The molecule has 2 rings (SSSR count). The second-order valence-corrected chi connectivity index (χ2v) is 4.44. The minimum Gasteiger partial charge on any atom is -0.496 e. The Morgan fingerprint density at radius 1 is 1.33 bits per heavy atom. The Labute approximate surface area is 123 Å². The standard InChI is InChI=1S/C16H15N3O2/c1-21-15-6-5-11(9-17)7-13(15)10-19-14-4-2-3-12(8-14)16(18)20/h2-8,19H,10H2,1H3,(H2,18,20). The molecule has 0 aliphatic carbocycles. The van der Waals surface area contributed by atoms with Gasteiger partial charge in [0.25, 0.3) is 0 Å². The van der Waals surface area contributed by atoms with Crippen molar-refractivity contribution in [2.24, 2.45) is 5.73 Å². The van der Waals surface area contributed by atoms with E-state index in [4.69, 9.17) is 15.7 Å². The molecule has 0 unspecified atom stereocenters. The molecule has 2 aromatic carbocycles. The van der Waals surface area contributed by atoms with Gasteiger partial charge in [0.1, 0.15) is 5.75 Å². The molecule has 0 radical (unpaired) electrons. The minimum absolute atomic E-state index is 0.442. The van der Waals surface area contributed by atoms with Crippen LogP contribution in [0.3, 0.4) is 0 Å². The molecule has 0 bridgehead atoms. The third kappa shape index (κ3) is 3.51. The average molecular weight is 281 g/mol. The highest BCUT2D eigenvalue weighted by Gasteiger charge is 2.06. The maximum Gasteiger partial charge on any atom is 0.248 e. The van der Waals surface area contributed by atoms with E-state index in [1.807, 2.05) is 6.07 Å². The number of nitrogens with two attached hydrogens (primary N) is 1. The highest BCUT2D eigenvalue weighted by Crippen LogP contribution is 2.21. The van der Waals surface area contributed by atoms with E-state index in [-0.39, 0.29) is 0 Å². The molecule has 0 aliphatic heterocycles. The number of primary amides is 1. The van der Waals surface area contributed by atoms with Crippen molar-refractivity contribution in [3.8, 4) is 11.8 Å². The van der Waals surface area contributed by atoms with Crippen molar-refractivity contribution >= 4 is 11.6 Å². The number of benzene rings is 2. The van der Waals surface area contributed by atoms with E-state index in [2.05, 4.69) is 11.4 Å². The van der Waals surface area contributed by atoms with Gasteiger partial charge in [-0.3, -0.25) is 4.79 Å². The molecule has 0 saturated carbocycles. The van der Waals surface area contributed by atoms with Crippen LogP contribution in [-0.2, 0) is 6.54 Å². The summed E-state index contributed by atoms with van der Waals surface area (Å²) in [5.41, 5.74) is 7.90. The molecule has 0 aromatic heterocycles. The Morgan fingerprint density at radius 2 is 2.14 bits per heavy atom. The van der Waals surface area contributed by atoms with Crippen molar-refractivity contribution in [3.63, 3.8) is 0 Å². The summed E-state index contributed by atoms with van der Waals surface area (Å²) >= 11 is 0. The first kappa shape index (κ1) is 14.4. The van der Waals surface area contributed by atoms with E-state index in [0.29, 0.717) is 23.4 Å². The van der Waals surface area contributed by atoms with Gasteiger partial charge in [0, 0.05) is 23.4 Å². The van der Waals surface area contributed by atoms with Crippen molar-refractivity contribution in [2.75, 3.05) is 12.4 Å². The molecule has 0 fully saturated rings. The average Bonchev–Trinajstić information content (AvgIpc) is 2.52. The zero-order valence-corrected chi connectivity index (χ0v) is 11.6. The fraction of sp³-hybridized carbons (Fsp3) is 0.125. The molecule has 106 valence electrons. The van der Waals surface area contributed by atoms with Crippen LogP contribution in [0.1, 0.15) is 21.5 Å². The summed E-state index contributed by atoms with van der Waals surface area (Å²) in [5, 5.41) is 12.1. The number of amides is 1. The lowest BCUT2D eigenvalue weighted by molar-refractivity contribution is 0.100. The minimum atomic E-state index is -0.470. The first-order valence-corrected chi connectivity index (χ1v) is 6.35. The van der Waals surface area contributed by atoms with E-state index in [1.165, 1.54) is 0 Å². The zero-order valence-electron chi connectivity index (χ0n) is 11.6. The maximum atomic E-state index is 11.1. The van der Waals surface area contributed by atoms with E-state index < -0.39 is 5.91 Å². The summed E-state index contributed by atoms with van der Waals surface area (Å²) in [6, 6.07) is 14.3. The Hall–Kier alpha value is -3.00. The number of hydrogen-bond acceptors (Lipinski definition) is 4. The molecule has 0 saturated heterocycles. The molecule has 3 N–H and O–H groups in total. The summed E-state index contributed by atoms with van der Waals surface area (Å²) in [7, 11) is 1.58. The quantitative estimate of drug-likeness (QED) is 0.880. The summed E-state index contributed by atoms with van der Waals surface area (Å²) in [6.07, 6.45) is 0. The molecular weight excluding hydrogens is 266 g/mol. The summed E-state index contributed by atoms with van der Waals surface area (Å²) in [4.78, 5) is 11.1. The van der Waals surface area contributed by atoms with Crippen LogP contribution < -0.4 is 15.8 Å². The number of carbonyl (C=O) groups is 1. The van der Waals surface area contributed by atoms with Gasteiger partial charge < -0.3 is 15.8 Å². The molecule has 1 amide bonds. The van der Waals surface area contributed by atoms with Crippen molar-refractivity contribution in [2.45, 2.75) is 6.54 Å². The highest BCUT2D eigenvalue weighted by molar-refractivity contribution is 5.93. The molecule has 0 aliphatic rings. The van der Waals surface area contributed by atoms with Crippen LogP contribution in [0.2, 0.25) is 0 Å². The Balaban J connectivity index is 2.18. The van der Waals surface area contributed by atoms with Crippen LogP contribution in [0, 0.1) is 11.3 Å². The number of hydrogen-bond donors (Lipinski definition) is 2. The number of carbonyl (C=O) groups excluding carboxylic acids is 1. The number of nitriles is 1. The number of anilines is 1. The van der Waals surface area contributed by atoms with Crippen LogP contribution in [-0.4, -0.2) is 13.0 Å². The fourth-order valence-corrected chi connectivity index (χ4v) is 1.97. The van der Waals surface area contributed by atoms with Crippen molar-refractivity contribution in [3.05, 3.63) is 59.2 Å². The largest absolute Gasteiger partial charge is 0.496 e. The van der Waals surface area contributed by atoms with Gasteiger partial charge in [0.05, 0.1) is 18.7 Å². The summed E-state index contributed by atoms with van der Waals surface area (Å²) in [5.74, 6) is 0.232. The number of nitrogens with zero attached hydrogens (tertiary/aromatic N) is 1. The van der Waals surface area contributed by atoms with Gasteiger partial charge in [0.15, 0.2) is 0 Å². The number of nitrogens with one attached hydrogen (secondary N) is 1. The highest BCUT2D eigenvalue weighted by atomic mass is 16.5. The first-order chi connectivity index (χ1) is 10.1. The lowest BCUT2D eigenvalue weighted by Crippen LogP contribution is -2.11. The van der Waals surface area contributed by atoms with Crippen LogP contribution in [0.15, 0.2) is 42.5 Å². The van der Waals surface area contributed by atoms with Crippen molar-refractivity contribution < 1.29 is 9.53 Å². The van der Waals surface area contributed by atoms with E-state index in [9.17, 15) is 4.79 Å². The molecule has 5 heteroatoms. The molecule has 0 heterocycles. The lowest BCUT2D eigenvalue weighted by atomic mass is 10.1. The zero-order chi connectivity index (χ0) is 15.2. The molecule has 0 atom stereocenters. The normalized spacial score (nSPS) is 9.71. The molecule has 5 nitrogen and oxygen atoms in total. The second-order valence-electron chi connectivity index (χ2n) is 4.44. The molecule has 0 spiro atoms. The van der Waals surface area contributed by atoms with Gasteiger partial charge in [-0.1, -0.05) is 6.07 Å². The van der Waals surface area contributed by atoms with Gasteiger partial charge >= 0.3 is 0 Å². The monoisotopic (exact) mass is 281 g/mol. The van der Waals surface area contributed by atoms with E-state index in [1.54, 1.807) is 43.5 Å². The fourth-order valence-electron chi connectivity index (χ4n) is 1.97.